The summed E-state index contributed by atoms with van der Waals surface area (Å²) in [7, 11) is 0. The van der Waals surface area contributed by atoms with Crippen LogP contribution in [0.5, 0.6) is 0 Å². The SMILES string of the molecule is NC(Cc1cccc(Cl)c1Cl)c1ccc(F)cc1F. The molecule has 0 aliphatic rings. The summed E-state index contributed by atoms with van der Waals surface area (Å²) in [5, 5.41) is 0.827. The predicted molar refractivity (Wildman–Crippen MR) is 73.5 cm³/mol. The van der Waals surface area contributed by atoms with Crippen molar-refractivity contribution in [2.24, 2.45) is 5.73 Å². The van der Waals surface area contributed by atoms with E-state index in [1.807, 2.05) is 0 Å². The van der Waals surface area contributed by atoms with E-state index in [1.165, 1.54) is 12.1 Å². The minimum absolute atomic E-state index is 0.248. The van der Waals surface area contributed by atoms with E-state index < -0.39 is 17.7 Å². The molecule has 0 aliphatic heterocycles. The second-order valence-corrected chi connectivity index (χ2v) is 4.97. The third-order valence-corrected chi connectivity index (χ3v) is 3.69. The van der Waals surface area contributed by atoms with Crippen molar-refractivity contribution in [2.45, 2.75) is 12.5 Å². The summed E-state index contributed by atoms with van der Waals surface area (Å²) < 4.78 is 26.4. The summed E-state index contributed by atoms with van der Waals surface area (Å²) >= 11 is 11.9. The number of rotatable bonds is 3. The lowest BCUT2D eigenvalue weighted by Gasteiger charge is -2.14. The second kappa shape index (κ2) is 5.87. The van der Waals surface area contributed by atoms with Crippen molar-refractivity contribution in [3.63, 3.8) is 0 Å². The zero-order chi connectivity index (χ0) is 14.0. The van der Waals surface area contributed by atoms with Gasteiger partial charge < -0.3 is 5.73 Å². The minimum atomic E-state index is -0.661. The third-order valence-electron chi connectivity index (χ3n) is 2.83. The molecule has 0 fully saturated rings. The van der Waals surface area contributed by atoms with Crippen molar-refractivity contribution in [2.75, 3.05) is 0 Å². The summed E-state index contributed by atoms with van der Waals surface area (Å²) in [6, 6.07) is 7.90. The first kappa shape index (κ1) is 14.3. The molecule has 0 amide bonds. The average molecular weight is 302 g/mol. The number of hydrogen-bond acceptors (Lipinski definition) is 1. The Labute approximate surface area is 119 Å². The molecule has 2 aromatic rings. The van der Waals surface area contributed by atoms with Gasteiger partial charge in [0.1, 0.15) is 11.6 Å². The number of hydrogen-bond donors (Lipinski definition) is 1. The molecule has 2 N–H and O–H groups in total. The van der Waals surface area contributed by atoms with Gasteiger partial charge in [0.25, 0.3) is 0 Å². The van der Waals surface area contributed by atoms with Crippen LogP contribution in [0.1, 0.15) is 17.2 Å². The predicted octanol–water partition coefficient (Wildman–Crippen LogP) is 4.51. The van der Waals surface area contributed by atoms with Crippen molar-refractivity contribution in [3.05, 3.63) is 69.2 Å². The van der Waals surface area contributed by atoms with Gasteiger partial charge in [-0.2, -0.15) is 0 Å². The Balaban J connectivity index is 2.25. The molecule has 100 valence electrons. The lowest BCUT2D eigenvalue weighted by atomic mass is 9.99. The quantitative estimate of drug-likeness (QED) is 0.886. The monoisotopic (exact) mass is 301 g/mol. The summed E-state index contributed by atoms with van der Waals surface area (Å²) in [4.78, 5) is 0. The third kappa shape index (κ3) is 3.24. The van der Waals surface area contributed by atoms with Crippen LogP contribution in [0.3, 0.4) is 0 Å². The molecule has 0 aromatic heterocycles. The maximum Gasteiger partial charge on any atom is 0.130 e. The van der Waals surface area contributed by atoms with Crippen molar-refractivity contribution in [1.29, 1.82) is 0 Å². The topological polar surface area (TPSA) is 26.0 Å². The van der Waals surface area contributed by atoms with Gasteiger partial charge in [-0.3, -0.25) is 0 Å². The first-order valence-corrected chi connectivity index (χ1v) is 6.38. The van der Waals surface area contributed by atoms with Crippen molar-refractivity contribution < 1.29 is 8.78 Å². The summed E-state index contributed by atoms with van der Waals surface area (Å²) in [5.41, 5.74) is 6.91. The van der Waals surface area contributed by atoms with E-state index in [0.29, 0.717) is 16.5 Å². The van der Waals surface area contributed by atoms with Gasteiger partial charge in [0.15, 0.2) is 0 Å². The molecule has 0 aliphatic carbocycles. The Hall–Kier alpha value is -1.16. The Morgan fingerprint density at radius 1 is 1.11 bits per heavy atom. The van der Waals surface area contributed by atoms with Crippen LogP contribution >= 0.6 is 23.2 Å². The fourth-order valence-corrected chi connectivity index (χ4v) is 2.25. The summed E-state index contributed by atoms with van der Waals surface area (Å²) in [6.45, 7) is 0. The molecule has 0 saturated heterocycles. The number of benzene rings is 2. The van der Waals surface area contributed by atoms with Gasteiger partial charge in [0.05, 0.1) is 10.0 Å². The largest absolute Gasteiger partial charge is 0.324 e. The fraction of sp³-hybridized carbons (Fsp3) is 0.143. The molecule has 2 rings (SSSR count). The van der Waals surface area contributed by atoms with Crippen LogP contribution in [0.15, 0.2) is 36.4 Å². The summed E-state index contributed by atoms with van der Waals surface area (Å²) in [6.07, 6.45) is 0.321. The van der Waals surface area contributed by atoms with Gasteiger partial charge in [-0.1, -0.05) is 41.4 Å². The van der Waals surface area contributed by atoms with Crippen LogP contribution in [-0.4, -0.2) is 0 Å². The van der Waals surface area contributed by atoms with Crippen LogP contribution in [0.2, 0.25) is 10.0 Å². The smallest absolute Gasteiger partial charge is 0.130 e. The van der Waals surface area contributed by atoms with Crippen LogP contribution in [-0.2, 0) is 6.42 Å². The highest BCUT2D eigenvalue weighted by atomic mass is 35.5. The second-order valence-electron chi connectivity index (χ2n) is 4.19. The highest BCUT2D eigenvalue weighted by Gasteiger charge is 2.15. The number of nitrogens with two attached hydrogens (primary N) is 1. The first-order valence-electron chi connectivity index (χ1n) is 5.62. The van der Waals surface area contributed by atoms with Gasteiger partial charge in [-0.15, -0.1) is 0 Å². The number of halogens is 4. The average Bonchev–Trinajstić information content (AvgIpc) is 2.34. The molecule has 2 aromatic carbocycles. The molecular formula is C14H11Cl2F2N. The Kier molecular flexibility index (Phi) is 4.40. The van der Waals surface area contributed by atoms with E-state index in [9.17, 15) is 8.78 Å². The van der Waals surface area contributed by atoms with Gasteiger partial charge in [0.2, 0.25) is 0 Å². The maximum atomic E-state index is 13.6. The fourth-order valence-electron chi connectivity index (χ4n) is 1.86. The van der Waals surface area contributed by atoms with Gasteiger partial charge >= 0.3 is 0 Å². The highest BCUT2D eigenvalue weighted by molar-refractivity contribution is 6.42. The minimum Gasteiger partial charge on any atom is -0.324 e. The van der Waals surface area contributed by atoms with E-state index in [4.69, 9.17) is 28.9 Å². The van der Waals surface area contributed by atoms with E-state index in [0.717, 1.165) is 11.6 Å². The zero-order valence-electron chi connectivity index (χ0n) is 9.84. The summed E-state index contributed by atoms with van der Waals surface area (Å²) in [5.74, 6) is -1.29. The van der Waals surface area contributed by atoms with E-state index in [1.54, 1.807) is 18.2 Å². The van der Waals surface area contributed by atoms with Gasteiger partial charge in [-0.05, 0) is 24.1 Å². The molecule has 19 heavy (non-hydrogen) atoms. The maximum absolute atomic E-state index is 13.6. The van der Waals surface area contributed by atoms with Crippen molar-refractivity contribution >= 4 is 23.2 Å². The first-order chi connectivity index (χ1) is 8.99. The molecule has 0 radical (unpaired) electrons. The van der Waals surface area contributed by atoms with E-state index in [2.05, 4.69) is 0 Å². The highest BCUT2D eigenvalue weighted by Crippen LogP contribution is 2.29. The van der Waals surface area contributed by atoms with Crippen molar-refractivity contribution in [1.82, 2.24) is 0 Å². The van der Waals surface area contributed by atoms with Gasteiger partial charge in [-0.25, -0.2) is 8.78 Å². The van der Waals surface area contributed by atoms with Crippen LogP contribution in [0.25, 0.3) is 0 Å². The molecule has 0 spiro atoms. The molecule has 1 unspecified atom stereocenters. The molecule has 0 saturated carbocycles. The Morgan fingerprint density at radius 3 is 2.53 bits per heavy atom. The molecular weight excluding hydrogens is 291 g/mol. The normalized spacial score (nSPS) is 12.5. The molecule has 1 nitrogen and oxygen atoms in total. The standard InChI is InChI=1S/C14H11Cl2F2N/c15-11-3-1-2-8(14(11)16)6-13(19)10-5-4-9(17)7-12(10)18/h1-5,7,13H,6,19H2. The molecule has 0 heterocycles. The lowest BCUT2D eigenvalue weighted by molar-refractivity contribution is 0.554. The van der Waals surface area contributed by atoms with Crippen LogP contribution < -0.4 is 5.73 Å². The van der Waals surface area contributed by atoms with E-state index >= 15 is 0 Å². The van der Waals surface area contributed by atoms with Gasteiger partial charge in [0, 0.05) is 17.7 Å². The van der Waals surface area contributed by atoms with E-state index in [-0.39, 0.29) is 5.56 Å². The van der Waals surface area contributed by atoms with Crippen LogP contribution in [0.4, 0.5) is 8.78 Å². The molecule has 0 bridgehead atoms. The van der Waals surface area contributed by atoms with Crippen molar-refractivity contribution in [3.8, 4) is 0 Å². The Morgan fingerprint density at radius 2 is 1.84 bits per heavy atom. The zero-order valence-corrected chi connectivity index (χ0v) is 11.3. The molecule has 5 heteroatoms. The molecule has 1 atom stereocenters. The lowest BCUT2D eigenvalue weighted by Crippen LogP contribution is -2.15. The van der Waals surface area contributed by atoms with Crippen LogP contribution in [0, 0.1) is 11.6 Å². The Bertz CT molecular complexity index is 602.